The van der Waals surface area contributed by atoms with Gasteiger partial charge in [-0.05, 0) is 49.5 Å². The van der Waals surface area contributed by atoms with Gasteiger partial charge in [0.2, 0.25) is 5.91 Å². The summed E-state index contributed by atoms with van der Waals surface area (Å²) in [5.41, 5.74) is 1.08. The topological polar surface area (TPSA) is 41.1 Å². The molecule has 3 nitrogen and oxygen atoms in total. The van der Waals surface area contributed by atoms with Crippen molar-refractivity contribution in [3.63, 3.8) is 0 Å². The first-order valence-electron chi connectivity index (χ1n) is 6.46. The van der Waals surface area contributed by atoms with E-state index >= 15 is 0 Å². The van der Waals surface area contributed by atoms with Gasteiger partial charge in [0.1, 0.15) is 0 Å². The molecule has 1 aliphatic heterocycles. The number of hydrogen-bond donors (Lipinski definition) is 2. The van der Waals surface area contributed by atoms with E-state index in [0.29, 0.717) is 18.9 Å². The number of halogens is 1. The number of amides is 1. The summed E-state index contributed by atoms with van der Waals surface area (Å²) in [4.78, 5) is 11.8. The smallest absolute Gasteiger partial charge is 0.220 e. The van der Waals surface area contributed by atoms with Crippen LogP contribution in [-0.4, -0.2) is 19.0 Å². The Hall–Kier alpha value is -1.06. The van der Waals surface area contributed by atoms with Crippen LogP contribution in [0.2, 0.25) is 5.02 Å². The van der Waals surface area contributed by atoms with Gasteiger partial charge < -0.3 is 10.6 Å². The summed E-state index contributed by atoms with van der Waals surface area (Å²) >= 11 is 5.81. The van der Waals surface area contributed by atoms with Crippen molar-refractivity contribution < 1.29 is 4.79 Å². The SMILES string of the molecule is O=C(CC1CCNCC1)NCc1ccc(Cl)cc1. The highest BCUT2D eigenvalue weighted by atomic mass is 35.5. The fourth-order valence-electron chi connectivity index (χ4n) is 2.22. The first-order valence-corrected chi connectivity index (χ1v) is 6.83. The second-order valence-corrected chi connectivity index (χ2v) is 5.24. The summed E-state index contributed by atoms with van der Waals surface area (Å²) in [7, 11) is 0. The van der Waals surface area contributed by atoms with Gasteiger partial charge in [-0.1, -0.05) is 23.7 Å². The second-order valence-electron chi connectivity index (χ2n) is 4.80. The second kappa shape index (κ2) is 6.76. The predicted molar refractivity (Wildman–Crippen MR) is 73.5 cm³/mol. The lowest BCUT2D eigenvalue weighted by molar-refractivity contribution is -0.122. The molecule has 1 aliphatic rings. The third-order valence-corrected chi connectivity index (χ3v) is 3.59. The molecule has 0 bridgehead atoms. The van der Waals surface area contributed by atoms with E-state index in [2.05, 4.69) is 10.6 Å². The van der Waals surface area contributed by atoms with Gasteiger partial charge in [0.25, 0.3) is 0 Å². The minimum Gasteiger partial charge on any atom is -0.352 e. The van der Waals surface area contributed by atoms with Gasteiger partial charge in [-0.25, -0.2) is 0 Å². The van der Waals surface area contributed by atoms with Crippen LogP contribution >= 0.6 is 11.6 Å². The third-order valence-electron chi connectivity index (χ3n) is 3.34. The zero-order chi connectivity index (χ0) is 12.8. The highest BCUT2D eigenvalue weighted by Gasteiger charge is 2.16. The van der Waals surface area contributed by atoms with E-state index in [9.17, 15) is 4.79 Å². The molecule has 0 unspecified atom stereocenters. The maximum atomic E-state index is 11.8. The molecular weight excluding hydrogens is 248 g/mol. The maximum absolute atomic E-state index is 11.8. The van der Waals surface area contributed by atoms with Gasteiger partial charge in [0.15, 0.2) is 0 Å². The molecule has 0 radical (unpaired) electrons. The fourth-order valence-corrected chi connectivity index (χ4v) is 2.35. The number of benzene rings is 1. The lowest BCUT2D eigenvalue weighted by atomic mass is 9.94. The van der Waals surface area contributed by atoms with Gasteiger partial charge in [-0.2, -0.15) is 0 Å². The van der Waals surface area contributed by atoms with Crippen molar-refractivity contribution in [1.82, 2.24) is 10.6 Å². The van der Waals surface area contributed by atoms with Crippen molar-refractivity contribution in [3.8, 4) is 0 Å². The van der Waals surface area contributed by atoms with E-state index in [4.69, 9.17) is 11.6 Å². The molecule has 18 heavy (non-hydrogen) atoms. The molecule has 0 saturated carbocycles. The summed E-state index contributed by atoms with van der Waals surface area (Å²) in [6.07, 6.45) is 2.86. The van der Waals surface area contributed by atoms with Gasteiger partial charge in [0, 0.05) is 18.0 Å². The monoisotopic (exact) mass is 266 g/mol. The zero-order valence-corrected chi connectivity index (χ0v) is 11.2. The van der Waals surface area contributed by atoms with E-state index in [0.717, 1.165) is 36.5 Å². The maximum Gasteiger partial charge on any atom is 0.220 e. The standard InChI is InChI=1S/C14H19ClN2O/c15-13-3-1-12(2-4-13)10-17-14(18)9-11-5-7-16-8-6-11/h1-4,11,16H,5-10H2,(H,17,18). The molecule has 98 valence electrons. The third kappa shape index (κ3) is 4.31. The molecule has 2 N–H and O–H groups in total. The Morgan fingerprint density at radius 3 is 2.61 bits per heavy atom. The summed E-state index contributed by atoms with van der Waals surface area (Å²) in [6, 6.07) is 7.56. The number of carbonyl (C=O) groups excluding carboxylic acids is 1. The summed E-state index contributed by atoms with van der Waals surface area (Å²) in [6.45, 7) is 2.66. The molecule has 0 spiro atoms. The zero-order valence-electron chi connectivity index (χ0n) is 10.4. The first-order chi connectivity index (χ1) is 8.74. The minimum absolute atomic E-state index is 0.150. The Labute approximate surface area is 113 Å². The van der Waals surface area contributed by atoms with Crippen LogP contribution < -0.4 is 10.6 Å². The number of piperidine rings is 1. The molecule has 2 rings (SSSR count). The number of carbonyl (C=O) groups is 1. The van der Waals surface area contributed by atoms with E-state index in [-0.39, 0.29) is 5.91 Å². The predicted octanol–water partition coefficient (Wildman–Crippen LogP) is 2.35. The Morgan fingerprint density at radius 2 is 1.94 bits per heavy atom. The molecule has 0 aromatic heterocycles. The quantitative estimate of drug-likeness (QED) is 0.878. The van der Waals surface area contributed by atoms with Crippen molar-refractivity contribution in [2.45, 2.75) is 25.8 Å². The van der Waals surface area contributed by atoms with E-state index < -0.39 is 0 Å². The van der Waals surface area contributed by atoms with Crippen LogP contribution in [-0.2, 0) is 11.3 Å². The van der Waals surface area contributed by atoms with Crippen molar-refractivity contribution in [2.75, 3.05) is 13.1 Å². The fraction of sp³-hybridized carbons (Fsp3) is 0.500. The molecular formula is C14H19ClN2O. The average molecular weight is 267 g/mol. The Kier molecular flexibility index (Phi) is 5.02. The number of rotatable bonds is 4. The van der Waals surface area contributed by atoms with Gasteiger partial charge in [0.05, 0.1) is 0 Å². The number of nitrogens with one attached hydrogen (secondary N) is 2. The molecule has 1 aromatic rings. The first kappa shape index (κ1) is 13.4. The van der Waals surface area contributed by atoms with Crippen LogP contribution in [0.15, 0.2) is 24.3 Å². The van der Waals surface area contributed by atoms with Crippen LogP contribution in [0, 0.1) is 5.92 Å². The van der Waals surface area contributed by atoms with Crippen molar-refractivity contribution in [1.29, 1.82) is 0 Å². The normalized spacial score (nSPS) is 16.5. The van der Waals surface area contributed by atoms with E-state index in [1.54, 1.807) is 0 Å². The Balaban J connectivity index is 1.72. The van der Waals surface area contributed by atoms with Crippen molar-refractivity contribution in [3.05, 3.63) is 34.9 Å². The van der Waals surface area contributed by atoms with Crippen molar-refractivity contribution in [2.24, 2.45) is 5.92 Å². The Morgan fingerprint density at radius 1 is 1.28 bits per heavy atom. The van der Waals surface area contributed by atoms with E-state index in [1.165, 1.54) is 0 Å². The van der Waals surface area contributed by atoms with Crippen LogP contribution in [0.4, 0.5) is 0 Å². The largest absolute Gasteiger partial charge is 0.352 e. The minimum atomic E-state index is 0.150. The van der Waals surface area contributed by atoms with Crippen LogP contribution in [0.3, 0.4) is 0 Å². The van der Waals surface area contributed by atoms with Gasteiger partial charge >= 0.3 is 0 Å². The molecule has 1 amide bonds. The number of hydrogen-bond acceptors (Lipinski definition) is 2. The van der Waals surface area contributed by atoms with Crippen molar-refractivity contribution >= 4 is 17.5 Å². The lowest BCUT2D eigenvalue weighted by Gasteiger charge is -2.21. The van der Waals surface area contributed by atoms with Crippen LogP contribution in [0.25, 0.3) is 0 Å². The van der Waals surface area contributed by atoms with Gasteiger partial charge in [-0.3, -0.25) is 4.79 Å². The van der Waals surface area contributed by atoms with Crippen LogP contribution in [0.5, 0.6) is 0 Å². The summed E-state index contributed by atoms with van der Waals surface area (Å²) < 4.78 is 0. The molecule has 0 atom stereocenters. The van der Waals surface area contributed by atoms with Gasteiger partial charge in [-0.15, -0.1) is 0 Å². The highest BCUT2D eigenvalue weighted by Crippen LogP contribution is 2.15. The van der Waals surface area contributed by atoms with E-state index in [1.807, 2.05) is 24.3 Å². The molecule has 1 aromatic carbocycles. The molecule has 4 heteroatoms. The van der Waals surface area contributed by atoms with Crippen LogP contribution in [0.1, 0.15) is 24.8 Å². The summed E-state index contributed by atoms with van der Waals surface area (Å²) in [5.74, 6) is 0.688. The summed E-state index contributed by atoms with van der Waals surface area (Å²) in [5, 5.41) is 6.99. The molecule has 1 heterocycles. The average Bonchev–Trinajstić information content (AvgIpc) is 2.39. The molecule has 0 aliphatic carbocycles. The Bertz CT molecular complexity index is 385. The molecule has 1 fully saturated rings. The lowest BCUT2D eigenvalue weighted by Crippen LogP contribution is -2.32. The molecule has 1 saturated heterocycles. The highest BCUT2D eigenvalue weighted by molar-refractivity contribution is 6.30.